The van der Waals surface area contributed by atoms with E-state index in [4.69, 9.17) is 16.9 Å². The molecule has 4 heteroatoms. The van der Waals surface area contributed by atoms with Crippen LogP contribution in [0.15, 0.2) is 42.5 Å². The molecule has 0 saturated carbocycles. The second-order valence-corrected chi connectivity index (χ2v) is 4.56. The Morgan fingerprint density at radius 3 is 2.47 bits per heavy atom. The Morgan fingerprint density at radius 1 is 1.11 bits per heavy atom. The smallest absolute Gasteiger partial charge is 0.124 e. The Morgan fingerprint density at radius 2 is 1.84 bits per heavy atom. The molecule has 0 unspecified atom stereocenters. The summed E-state index contributed by atoms with van der Waals surface area (Å²) in [4.78, 5) is 0. The first kappa shape index (κ1) is 13.5. The van der Waals surface area contributed by atoms with Gasteiger partial charge in [0.2, 0.25) is 0 Å². The van der Waals surface area contributed by atoms with Crippen molar-refractivity contribution in [1.82, 2.24) is 5.32 Å². The van der Waals surface area contributed by atoms with Crippen molar-refractivity contribution < 1.29 is 4.39 Å². The van der Waals surface area contributed by atoms with Crippen LogP contribution in [0.3, 0.4) is 0 Å². The number of hydrogen-bond acceptors (Lipinski definition) is 2. The average Bonchev–Trinajstić information content (AvgIpc) is 2.42. The van der Waals surface area contributed by atoms with Gasteiger partial charge in [-0.25, -0.2) is 4.39 Å². The van der Waals surface area contributed by atoms with Crippen molar-refractivity contribution in [2.24, 2.45) is 0 Å². The van der Waals surface area contributed by atoms with E-state index in [1.165, 1.54) is 12.1 Å². The van der Waals surface area contributed by atoms with E-state index < -0.39 is 0 Å². The fraction of sp³-hybridized carbons (Fsp3) is 0.133. The molecule has 0 aliphatic rings. The highest BCUT2D eigenvalue weighted by Gasteiger charge is 2.01. The van der Waals surface area contributed by atoms with Crippen LogP contribution in [0.1, 0.15) is 16.7 Å². The van der Waals surface area contributed by atoms with Crippen molar-refractivity contribution >= 4 is 11.6 Å². The molecule has 0 aromatic heterocycles. The van der Waals surface area contributed by atoms with E-state index in [9.17, 15) is 4.39 Å². The van der Waals surface area contributed by atoms with Crippen LogP contribution in [-0.4, -0.2) is 0 Å². The van der Waals surface area contributed by atoms with Crippen molar-refractivity contribution in [3.63, 3.8) is 0 Å². The molecule has 0 spiro atoms. The average molecular weight is 275 g/mol. The largest absolute Gasteiger partial charge is 0.309 e. The van der Waals surface area contributed by atoms with Gasteiger partial charge in [0, 0.05) is 18.1 Å². The Labute approximate surface area is 116 Å². The van der Waals surface area contributed by atoms with Crippen LogP contribution in [0.2, 0.25) is 5.02 Å². The van der Waals surface area contributed by atoms with Crippen molar-refractivity contribution in [2.75, 3.05) is 0 Å². The van der Waals surface area contributed by atoms with Gasteiger partial charge in [0.15, 0.2) is 0 Å². The van der Waals surface area contributed by atoms with E-state index in [1.54, 1.807) is 18.2 Å². The summed E-state index contributed by atoms with van der Waals surface area (Å²) in [6.07, 6.45) is 0. The van der Waals surface area contributed by atoms with E-state index in [2.05, 4.69) is 11.4 Å². The third-order valence-electron chi connectivity index (χ3n) is 2.74. The van der Waals surface area contributed by atoms with Gasteiger partial charge in [-0.15, -0.1) is 0 Å². The predicted octanol–water partition coefficient (Wildman–Crippen LogP) is 3.64. The minimum Gasteiger partial charge on any atom is -0.309 e. The van der Waals surface area contributed by atoms with E-state index in [0.717, 1.165) is 11.1 Å². The maximum absolute atomic E-state index is 12.9. The first-order valence-electron chi connectivity index (χ1n) is 5.83. The number of nitrogens with one attached hydrogen (secondary N) is 1. The number of nitriles is 1. The Hall–Kier alpha value is -1.89. The lowest BCUT2D eigenvalue weighted by molar-refractivity contribution is 0.625. The number of hydrogen-bond donors (Lipinski definition) is 1. The van der Waals surface area contributed by atoms with Crippen molar-refractivity contribution in [2.45, 2.75) is 13.1 Å². The zero-order valence-electron chi connectivity index (χ0n) is 10.2. The van der Waals surface area contributed by atoms with Crippen LogP contribution in [0, 0.1) is 17.1 Å². The highest BCUT2D eigenvalue weighted by Crippen LogP contribution is 2.17. The van der Waals surface area contributed by atoms with Crippen LogP contribution < -0.4 is 5.32 Å². The fourth-order valence-corrected chi connectivity index (χ4v) is 1.94. The minimum atomic E-state index is -0.333. The maximum atomic E-state index is 12.9. The number of rotatable bonds is 4. The van der Waals surface area contributed by atoms with E-state index in [1.807, 2.05) is 12.1 Å². The van der Waals surface area contributed by atoms with Gasteiger partial charge in [-0.3, -0.25) is 0 Å². The van der Waals surface area contributed by atoms with Crippen LogP contribution in [0.5, 0.6) is 0 Å². The molecule has 2 aromatic carbocycles. The van der Waals surface area contributed by atoms with Gasteiger partial charge in [-0.1, -0.05) is 29.8 Å². The van der Waals surface area contributed by atoms with Crippen molar-refractivity contribution in [1.29, 1.82) is 5.26 Å². The quantitative estimate of drug-likeness (QED) is 0.924. The normalized spacial score (nSPS) is 10.2. The molecule has 0 heterocycles. The molecule has 0 aliphatic carbocycles. The summed E-state index contributed by atoms with van der Waals surface area (Å²) in [7, 11) is 0. The molecule has 0 bridgehead atoms. The van der Waals surface area contributed by atoms with Gasteiger partial charge in [0.1, 0.15) is 5.82 Å². The molecule has 0 fully saturated rings. The number of nitrogens with zero attached hydrogens (tertiary/aromatic N) is 1. The molecule has 96 valence electrons. The summed E-state index contributed by atoms with van der Waals surface area (Å²) in [5.41, 5.74) is 2.58. The lowest BCUT2D eigenvalue weighted by atomic mass is 10.1. The number of halogens is 2. The van der Waals surface area contributed by atoms with Gasteiger partial charge in [0.05, 0.1) is 11.6 Å². The lowest BCUT2D eigenvalue weighted by Crippen LogP contribution is -2.13. The fourth-order valence-electron chi connectivity index (χ4n) is 1.70. The molecular weight excluding hydrogens is 263 g/mol. The summed E-state index contributed by atoms with van der Waals surface area (Å²) < 4.78 is 12.9. The van der Waals surface area contributed by atoms with Crippen LogP contribution in [-0.2, 0) is 13.1 Å². The van der Waals surface area contributed by atoms with Gasteiger partial charge in [-0.2, -0.15) is 5.26 Å². The summed E-state index contributed by atoms with van der Waals surface area (Å²) in [6, 6.07) is 13.8. The Balaban J connectivity index is 1.91. The molecule has 0 atom stereocenters. The molecule has 0 amide bonds. The van der Waals surface area contributed by atoms with Crippen LogP contribution in [0.25, 0.3) is 0 Å². The molecular formula is C15H12ClFN2. The van der Waals surface area contributed by atoms with Crippen molar-refractivity contribution in [3.05, 3.63) is 70.0 Å². The molecule has 0 aliphatic heterocycles. The molecule has 2 aromatic rings. The number of benzene rings is 2. The standard InChI is InChI=1S/C15H12ClFN2/c16-15-7-14(17)6-5-13(15)10-19-9-12-3-1-11(8-18)2-4-12/h1-7,19H,9-10H2. The molecule has 1 N–H and O–H groups in total. The highest BCUT2D eigenvalue weighted by molar-refractivity contribution is 6.31. The summed E-state index contributed by atoms with van der Waals surface area (Å²) in [6.45, 7) is 1.23. The van der Waals surface area contributed by atoms with E-state index in [-0.39, 0.29) is 5.82 Å². The molecule has 19 heavy (non-hydrogen) atoms. The van der Waals surface area contributed by atoms with Gasteiger partial charge < -0.3 is 5.32 Å². The second-order valence-electron chi connectivity index (χ2n) is 4.15. The Bertz CT molecular complexity index is 603. The van der Waals surface area contributed by atoms with Crippen molar-refractivity contribution in [3.8, 4) is 6.07 Å². The third-order valence-corrected chi connectivity index (χ3v) is 3.09. The summed E-state index contributed by atoms with van der Waals surface area (Å²) in [5.74, 6) is -0.333. The maximum Gasteiger partial charge on any atom is 0.124 e. The third kappa shape index (κ3) is 3.78. The van der Waals surface area contributed by atoms with E-state index >= 15 is 0 Å². The van der Waals surface area contributed by atoms with Gasteiger partial charge >= 0.3 is 0 Å². The van der Waals surface area contributed by atoms with Crippen LogP contribution >= 0.6 is 11.6 Å². The molecule has 2 nitrogen and oxygen atoms in total. The first-order chi connectivity index (χ1) is 9.19. The minimum absolute atomic E-state index is 0.333. The lowest BCUT2D eigenvalue weighted by Gasteiger charge is -2.07. The molecule has 2 rings (SSSR count). The second kappa shape index (κ2) is 6.33. The first-order valence-corrected chi connectivity index (χ1v) is 6.20. The molecule has 0 radical (unpaired) electrons. The predicted molar refractivity (Wildman–Crippen MR) is 73.1 cm³/mol. The monoisotopic (exact) mass is 274 g/mol. The SMILES string of the molecule is N#Cc1ccc(CNCc2ccc(F)cc2Cl)cc1. The van der Waals surface area contributed by atoms with E-state index in [0.29, 0.717) is 23.7 Å². The van der Waals surface area contributed by atoms with Crippen LogP contribution in [0.4, 0.5) is 4.39 Å². The molecule has 0 saturated heterocycles. The Kier molecular flexibility index (Phi) is 4.51. The topological polar surface area (TPSA) is 35.8 Å². The van der Waals surface area contributed by atoms with Gasteiger partial charge in [-0.05, 0) is 35.4 Å². The van der Waals surface area contributed by atoms with Gasteiger partial charge in [0.25, 0.3) is 0 Å². The highest BCUT2D eigenvalue weighted by atomic mass is 35.5. The zero-order valence-corrected chi connectivity index (χ0v) is 10.9. The zero-order chi connectivity index (χ0) is 13.7. The summed E-state index contributed by atoms with van der Waals surface area (Å²) >= 11 is 5.93. The summed E-state index contributed by atoms with van der Waals surface area (Å²) in [5, 5.41) is 12.3.